The first-order chi connectivity index (χ1) is 5.25. The largest absolute Gasteiger partial charge is 0.481 e. The van der Waals surface area contributed by atoms with E-state index in [1.165, 1.54) is 0 Å². The normalized spacial score (nSPS) is 12.7. The molecule has 9 heteroatoms. The molecule has 74 valence electrons. The second-order valence-electron chi connectivity index (χ2n) is 1.94. The van der Waals surface area contributed by atoms with Gasteiger partial charge in [0.25, 0.3) is 10.1 Å². The van der Waals surface area contributed by atoms with Gasteiger partial charge in [0.2, 0.25) is 0 Å². The SMILES string of the molecule is O=C(O)CC(C(=O)O)S(=O)(=O)O.[Th]. The molecule has 0 rings (SSSR count). The number of aliphatic carboxylic acids is 2. The quantitative estimate of drug-likeness (QED) is 0.478. The van der Waals surface area contributed by atoms with Crippen molar-refractivity contribution < 1.29 is 72.7 Å². The van der Waals surface area contributed by atoms with Crippen molar-refractivity contribution in [3.05, 3.63) is 0 Å². The van der Waals surface area contributed by atoms with Crippen molar-refractivity contribution in [2.45, 2.75) is 11.7 Å². The van der Waals surface area contributed by atoms with Gasteiger partial charge in [0.05, 0.1) is 6.42 Å². The topological polar surface area (TPSA) is 129 Å². The first-order valence-corrected chi connectivity index (χ1v) is 4.16. The summed E-state index contributed by atoms with van der Waals surface area (Å²) in [6, 6.07) is 0. The van der Waals surface area contributed by atoms with E-state index in [1.807, 2.05) is 0 Å². The maximum absolute atomic E-state index is 10.2. The summed E-state index contributed by atoms with van der Waals surface area (Å²) in [5.74, 6) is -3.50. The van der Waals surface area contributed by atoms with Gasteiger partial charge in [-0.05, 0) is 0 Å². The molecule has 1 unspecified atom stereocenters. The molecule has 0 amide bonds. The molecule has 1 atom stereocenters. The molecule has 0 fully saturated rings. The Kier molecular flexibility index (Phi) is 6.99. The minimum Gasteiger partial charge on any atom is -0.481 e. The second-order valence-corrected chi connectivity index (χ2v) is 3.54. The fraction of sp³-hybridized carbons (Fsp3) is 0.500. The van der Waals surface area contributed by atoms with E-state index < -0.39 is 33.7 Å². The number of hydrogen-bond donors (Lipinski definition) is 3. The summed E-state index contributed by atoms with van der Waals surface area (Å²) in [5.41, 5.74) is 0. The van der Waals surface area contributed by atoms with E-state index in [-0.39, 0.29) is 39.9 Å². The molecule has 0 saturated carbocycles. The van der Waals surface area contributed by atoms with Crippen molar-refractivity contribution in [3.63, 3.8) is 0 Å². The summed E-state index contributed by atoms with van der Waals surface area (Å²) < 4.78 is 28.7. The molecule has 7 nitrogen and oxygen atoms in total. The zero-order valence-electron chi connectivity index (χ0n) is 6.17. The van der Waals surface area contributed by atoms with Crippen LogP contribution in [-0.2, 0) is 19.7 Å². The predicted octanol–water partition coefficient (Wildman–Crippen LogP) is -1.20. The fourth-order valence-electron chi connectivity index (χ4n) is 0.479. The van der Waals surface area contributed by atoms with Crippen LogP contribution in [0, 0.1) is 39.9 Å². The molecule has 0 spiro atoms. The average molecular weight is 430 g/mol. The van der Waals surface area contributed by atoms with Gasteiger partial charge in [-0.25, -0.2) is 0 Å². The first-order valence-electron chi connectivity index (χ1n) is 2.66. The van der Waals surface area contributed by atoms with Crippen molar-refractivity contribution in [2.24, 2.45) is 0 Å². The third kappa shape index (κ3) is 6.27. The molecule has 0 aromatic rings. The summed E-state index contributed by atoms with van der Waals surface area (Å²) in [7, 11) is -4.84. The van der Waals surface area contributed by atoms with Gasteiger partial charge < -0.3 is 10.2 Å². The molecule has 0 saturated heterocycles. The summed E-state index contributed by atoms with van der Waals surface area (Å²) in [5, 5.41) is 13.9. The smallest absolute Gasteiger partial charge is 0.325 e. The van der Waals surface area contributed by atoms with Crippen molar-refractivity contribution in [1.29, 1.82) is 0 Å². The van der Waals surface area contributed by atoms with Crippen molar-refractivity contribution in [1.82, 2.24) is 0 Å². The number of hydrogen-bond acceptors (Lipinski definition) is 4. The molecule has 13 heavy (non-hydrogen) atoms. The minimum absolute atomic E-state index is 0. The van der Waals surface area contributed by atoms with Crippen LogP contribution in [0.15, 0.2) is 0 Å². The van der Waals surface area contributed by atoms with Gasteiger partial charge in [-0.2, -0.15) is 8.42 Å². The van der Waals surface area contributed by atoms with Gasteiger partial charge in [0.15, 0.2) is 5.25 Å². The Morgan fingerprint density at radius 2 is 1.62 bits per heavy atom. The summed E-state index contributed by atoms with van der Waals surface area (Å²) in [6.07, 6.45) is -1.16. The first kappa shape index (κ1) is 15.6. The molecular weight excluding hydrogens is 424 g/mol. The van der Waals surface area contributed by atoms with E-state index in [0.717, 1.165) is 0 Å². The van der Waals surface area contributed by atoms with Crippen LogP contribution < -0.4 is 0 Å². The van der Waals surface area contributed by atoms with Crippen LogP contribution in [0.1, 0.15) is 6.42 Å². The number of carboxylic acids is 2. The molecular formula is C4H6O7STh. The number of rotatable bonds is 4. The van der Waals surface area contributed by atoms with E-state index in [1.54, 1.807) is 0 Å². The monoisotopic (exact) mass is 430 g/mol. The van der Waals surface area contributed by atoms with Crippen LogP contribution in [0.25, 0.3) is 0 Å². The van der Waals surface area contributed by atoms with Crippen LogP contribution >= 0.6 is 0 Å². The Labute approximate surface area is 106 Å². The Bertz CT molecular complexity index is 294. The Balaban J connectivity index is 0. The molecule has 3 N–H and O–H groups in total. The Morgan fingerprint density at radius 3 is 1.69 bits per heavy atom. The van der Waals surface area contributed by atoms with Gasteiger partial charge in [0, 0.05) is 39.9 Å². The van der Waals surface area contributed by atoms with E-state index >= 15 is 0 Å². The van der Waals surface area contributed by atoms with Crippen LogP contribution in [-0.4, -0.2) is 40.4 Å². The second kappa shape index (κ2) is 5.81. The van der Waals surface area contributed by atoms with Crippen molar-refractivity contribution in [2.75, 3.05) is 0 Å². The maximum atomic E-state index is 10.2. The standard InChI is InChI=1S/C4H6O7S.Th/c5-3(6)1-2(4(7)8)12(9,10)11;/h2H,1H2,(H,5,6)(H,7,8)(H,9,10,11);. The summed E-state index contributed by atoms with van der Waals surface area (Å²) >= 11 is 0. The van der Waals surface area contributed by atoms with Gasteiger partial charge in [-0.15, -0.1) is 0 Å². The zero-order valence-corrected chi connectivity index (χ0v) is 11.1. The van der Waals surface area contributed by atoms with Crippen LogP contribution in [0.4, 0.5) is 0 Å². The molecule has 0 aliphatic carbocycles. The predicted molar refractivity (Wildman–Crippen MR) is 35.2 cm³/mol. The third-order valence-corrected chi connectivity index (χ3v) is 2.08. The van der Waals surface area contributed by atoms with Gasteiger partial charge in [-0.3, -0.25) is 14.1 Å². The van der Waals surface area contributed by atoms with E-state index in [2.05, 4.69) is 0 Å². The van der Waals surface area contributed by atoms with Crippen LogP contribution in [0.2, 0.25) is 0 Å². The summed E-state index contributed by atoms with van der Waals surface area (Å²) in [6.45, 7) is 0. The number of carbonyl (C=O) groups is 2. The molecule has 0 bridgehead atoms. The maximum Gasteiger partial charge on any atom is 0.325 e. The van der Waals surface area contributed by atoms with Crippen molar-refractivity contribution >= 4 is 22.1 Å². The van der Waals surface area contributed by atoms with Gasteiger partial charge in [0.1, 0.15) is 0 Å². The molecule has 0 aromatic carbocycles. The van der Waals surface area contributed by atoms with Crippen molar-refractivity contribution in [3.8, 4) is 0 Å². The molecule has 0 radical (unpaired) electrons. The molecule has 0 aromatic heterocycles. The van der Waals surface area contributed by atoms with Gasteiger partial charge >= 0.3 is 11.9 Å². The van der Waals surface area contributed by atoms with E-state index in [0.29, 0.717) is 0 Å². The third-order valence-electron chi connectivity index (χ3n) is 0.995. The van der Waals surface area contributed by atoms with E-state index in [4.69, 9.17) is 14.8 Å². The van der Waals surface area contributed by atoms with E-state index in [9.17, 15) is 18.0 Å². The fourth-order valence-corrected chi connectivity index (χ4v) is 1.09. The van der Waals surface area contributed by atoms with Gasteiger partial charge in [-0.1, -0.05) is 0 Å². The number of carboxylic acid groups (broad SMARTS) is 2. The zero-order chi connectivity index (χ0) is 9.94. The average Bonchev–Trinajstić information content (AvgIpc) is 1.79. The summed E-state index contributed by atoms with van der Waals surface area (Å²) in [4.78, 5) is 20.0. The molecule has 0 aliphatic rings. The van der Waals surface area contributed by atoms with Crippen LogP contribution in [0.3, 0.4) is 0 Å². The Hall–Kier alpha value is 0.175. The minimum atomic E-state index is -4.84. The molecule has 0 aliphatic heterocycles. The Morgan fingerprint density at radius 1 is 1.23 bits per heavy atom. The van der Waals surface area contributed by atoms with Crippen LogP contribution in [0.5, 0.6) is 0 Å². The molecule has 0 heterocycles.